The van der Waals surface area contributed by atoms with E-state index in [1.807, 2.05) is 13.8 Å². The van der Waals surface area contributed by atoms with Crippen LogP contribution >= 0.6 is 0 Å². The first kappa shape index (κ1) is 10.1. The standard InChI is InChI=1S/C15H18O/c1-9(2)15(16)14-8-10-7-13(14)12-6-4-3-5-11(10)12/h3-6,9-10,13-14H,7-8H2,1-2H3. The molecule has 2 bridgehead atoms. The van der Waals surface area contributed by atoms with Gasteiger partial charge < -0.3 is 0 Å². The predicted octanol–water partition coefficient (Wildman–Crippen LogP) is 3.50. The highest BCUT2D eigenvalue weighted by Crippen LogP contribution is 2.56. The molecule has 0 amide bonds. The van der Waals surface area contributed by atoms with Crippen LogP contribution in [0.4, 0.5) is 0 Å². The van der Waals surface area contributed by atoms with Gasteiger partial charge in [0, 0.05) is 11.8 Å². The number of benzene rings is 1. The van der Waals surface area contributed by atoms with Crippen molar-refractivity contribution in [1.29, 1.82) is 0 Å². The molecular weight excluding hydrogens is 196 g/mol. The Bertz CT molecular complexity index is 433. The first-order valence-electron chi connectivity index (χ1n) is 6.31. The zero-order chi connectivity index (χ0) is 11.3. The molecule has 0 spiro atoms. The summed E-state index contributed by atoms with van der Waals surface area (Å²) in [6.07, 6.45) is 2.31. The number of Topliss-reactive ketones (excluding diaryl/α,β-unsaturated/α-hetero) is 1. The van der Waals surface area contributed by atoms with Crippen LogP contribution in [0.2, 0.25) is 0 Å². The quantitative estimate of drug-likeness (QED) is 0.736. The van der Waals surface area contributed by atoms with Gasteiger partial charge in [-0.05, 0) is 35.8 Å². The molecule has 2 aliphatic carbocycles. The lowest BCUT2D eigenvalue weighted by atomic mass is 9.79. The first-order chi connectivity index (χ1) is 7.68. The van der Waals surface area contributed by atoms with Crippen molar-refractivity contribution < 1.29 is 4.79 Å². The Kier molecular flexibility index (Phi) is 2.17. The number of hydrogen-bond acceptors (Lipinski definition) is 1. The fourth-order valence-electron chi connectivity index (χ4n) is 3.60. The smallest absolute Gasteiger partial charge is 0.139 e. The van der Waals surface area contributed by atoms with Crippen LogP contribution in [0.3, 0.4) is 0 Å². The molecule has 0 saturated heterocycles. The van der Waals surface area contributed by atoms with Crippen molar-refractivity contribution >= 4 is 5.78 Å². The fourth-order valence-corrected chi connectivity index (χ4v) is 3.60. The zero-order valence-electron chi connectivity index (χ0n) is 9.94. The van der Waals surface area contributed by atoms with Crippen LogP contribution in [-0.4, -0.2) is 5.78 Å². The van der Waals surface area contributed by atoms with E-state index in [-0.39, 0.29) is 5.92 Å². The molecule has 0 N–H and O–H groups in total. The van der Waals surface area contributed by atoms with Crippen LogP contribution in [0.5, 0.6) is 0 Å². The molecule has 0 aliphatic heterocycles. The van der Waals surface area contributed by atoms with Gasteiger partial charge >= 0.3 is 0 Å². The van der Waals surface area contributed by atoms with Crippen molar-refractivity contribution in [3.63, 3.8) is 0 Å². The highest BCUT2D eigenvalue weighted by atomic mass is 16.1. The summed E-state index contributed by atoms with van der Waals surface area (Å²) in [5.74, 6) is 2.16. The summed E-state index contributed by atoms with van der Waals surface area (Å²) in [6, 6.07) is 8.70. The zero-order valence-corrected chi connectivity index (χ0v) is 9.94. The van der Waals surface area contributed by atoms with Crippen LogP contribution in [0, 0.1) is 11.8 Å². The summed E-state index contributed by atoms with van der Waals surface area (Å²) in [4.78, 5) is 12.1. The van der Waals surface area contributed by atoms with Crippen molar-refractivity contribution in [2.75, 3.05) is 0 Å². The van der Waals surface area contributed by atoms with E-state index < -0.39 is 0 Å². The van der Waals surface area contributed by atoms with E-state index in [0.29, 0.717) is 23.5 Å². The Morgan fingerprint density at radius 1 is 1.19 bits per heavy atom. The second-order valence-corrected chi connectivity index (χ2v) is 5.57. The second-order valence-electron chi connectivity index (χ2n) is 5.57. The number of rotatable bonds is 2. The number of ketones is 1. The third-order valence-corrected chi connectivity index (χ3v) is 4.33. The largest absolute Gasteiger partial charge is 0.299 e. The van der Waals surface area contributed by atoms with Gasteiger partial charge in [-0.25, -0.2) is 0 Å². The molecule has 1 aromatic rings. The third-order valence-electron chi connectivity index (χ3n) is 4.33. The van der Waals surface area contributed by atoms with Crippen molar-refractivity contribution in [3.8, 4) is 0 Å². The van der Waals surface area contributed by atoms with Crippen molar-refractivity contribution in [2.24, 2.45) is 11.8 Å². The molecule has 3 unspecified atom stereocenters. The maximum Gasteiger partial charge on any atom is 0.139 e. The summed E-state index contributed by atoms with van der Waals surface area (Å²) in [7, 11) is 0. The highest BCUT2D eigenvalue weighted by Gasteiger charge is 2.46. The van der Waals surface area contributed by atoms with Gasteiger partial charge in [-0.15, -0.1) is 0 Å². The van der Waals surface area contributed by atoms with Gasteiger partial charge in [-0.2, -0.15) is 0 Å². The van der Waals surface area contributed by atoms with Crippen LogP contribution in [0.1, 0.15) is 49.7 Å². The summed E-state index contributed by atoms with van der Waals surface area (Å²) >= 11 is 0. The van der Waals surface area contributed by atoms with E-state index >= 15 is 0 Å². The minimum atomic E-state index is 0.191. The minimum absolute atomic E-state index is 0.191. The van der Waals surface area contributed by atoms with Crippen LogP contribution < -0.4 is 0 Å². The van der Waals surface area contributed by atoms with Crippen molar-refractivity contribution in [1.82, 2.24) is 0 Å². The highest BCUT2D eigenvalue weighted by molar-refractivity contribution is 5.85. The third kappa shape index (κ3) is 1.27. The Labute approximate surface area is 96.9 Å². The molecule has 3 rings (SSSR count). The number of carbonyl (C=O) groups is 1. The lowest BCUT2D eigenvalue weighted by Gasteiger charge is -2.24. The monoisotopic (exact) mass is 214 g/mol. The molecule has 0 heterocycles. The Hall–Kier alpha value is -1.11. The summed E-state index contributed by atoms with van der Waals surface area (Å²) in [5.41, 5.74) is 2.97. The topological polar surface area (TPSA) is 17.1 Å². The molecule has 84 valence electrons. The van der Waals surface area contributed by atoms with E-state index in [9.17, 15) is 4.79 Å². The van der Waals surface area contributed by atoms with Gasteiger partial charge in [0.2, 0.25) is 0 Å². The maximum absolute atomic E-state index is 12.1. The van der Waals surface area contributed by atoms with Gasteiger partial charge in [0.05, 0.1) is 0 Å². The second kappa shape index (κ2) is 3.44. The van der Waals surface area contributed by atoms with Gasteiger partial charge in [-0.3, -0.25) is 4.79 Å². The molecule has 0 radical (unpaired) electrons. The summed E-state index contributed by atoms with van der Waals surface area (Å²) in [5, 5.41) is 0. The molecule has 1 saturated carbocycles. The maximum atomic E-state index is 12.1. The van der Waals surface area contributed by atoms with E-state index in [0.717, 1.165) is 6.42 Å². The van der Waals surface area contributed by atoms with Crippen molar-refractivity contribution in [3.05, 3.63) is 35.4 Å². The first-order valence-corrected chi connectivity index (χ1v) is 6.31. The Balaban J connectivity index is 1.95. The lowest BCUT2D eigenvalue weighted by molar-refractivity contribution is -0.126. The molecule has 2 aliphatic rings. The predicted molar refractivity (Wildman–Crippen MR) is 64.5 cm³/mol. The Morgan fingerprint density at radius 2 is 1.88 bits per heavy atom. The van der Waals surface area contributed by atoms with E-state index in [4.69, 9.17) is 0 Å². The molecular formula is C15H18O. The van der Waals surface area contributed by atoms with Gasteiger partial charge in [0.15, 0.2) is 0 Å². The lowest BCUT2D eigenvalue weighted by Crippen LogP contribution is -2.24. The number of hydrogen-bond donors (Lipinski definition) is 0. The summed E-state index contributed by atoms with van der Waals surface area (Å²) in [6.45, 7) is 4.06. The van der Waals surface area contributed by atoms with E-state index in [1.54, 1.807) is 0 Å². The van der Waals surface area contributed by atoms with E-state index in [1.165, 1.54) is 17.5 Å². The van der Waals surface area contributed by atoms with Gasteiger partial charge in [0.1, 0.15) is 5.78 Å². The molecule has 3 atom stereocenters. The minimum Gasteiger partial charge on any atom is -0.299 e. The van der Waals surface area contributed by atoms with Crippen molar-refractivity contribution in [2.45, 2.75) is 38.5 Å². The Morgan fingerprint density at radius 3 is 2.56 bits per heavy atom. The molecule has 1 heteroatoms. The molecule has 1 nitrogen and oxygen atoms in total. The number of carbonyl (C=O) groups excluding carboxylic acids is 1. The van der Waals surface area contributed by atoms with Gasteiger partial charge in [0.25, 0.3) is 0 Å². The fraction of sp³-hybridized carbons (Fsp3) is 0.533. The molecule has 1 fully saturated rings. The summed E-state index contributed by atoms with van der Waals surface area (Å²) < 4.78 is 0. The van der Waals surface area contributed by atoms with Crippen LogP contribution in [0.25, 0.3) is 0 Å². The average Bonchev–Trinajstić information content (AvgIpc) is 2.86. The number of fused-ring (bicyclic) bond motifs is 5. The van der Waals surface area contributed by atoms with Crippen LogP contribution in [0.15, 0.2) is 24.3 Å². The molecule has 16 heavy (non-hydrogen) atoms. The SMILES string of the molecule is CC(C)C(=O)C1CC2CC1c1ccccc12. The average molecular weight is 214 g/mol. The van der Waals surface area contributed by atoms with Crippen LogP contribution in [-0.2, 0) is 4.79 Å². The molecule has 1 aromatic carbocycles. The normalized spacial score (nSPS) is 30.8. The molecule has 0 aromatic heterocycles. The van der Waals surface area contributed by atoms with E-state index in [2.05, 4.69) is 24.3 Å². The van der Waals surface area contributed by atoms with Gasteiger partial charge in [-0.1, -0.05) is 38.1 Å².